The molecule has 0 bridgehead atoms. The van der Waals surface area contributed by atoms with Crippen LogP contribution in [0.4, 0.5) is 28.0 Å². The van der Waals surface area contributed by atoms with E-state index in [1.807, 2.05) is 0 Å². The molecule has 18 heavy (non-hydrogen) atoms. The van der Waals surface area contributed by atoms with Gasteiger partial charge in [0.2, 0.25) is 5.89 Å². The molecule has 0 spiro atoms. The second kappa shape index (κ2) is 3.89. The number of nitrogens with zero attached hydrogens (tertiary/aromatic N) is 2. The quantitative estimate of drug-likeness (QED) is 0.854. The van der Waals surface area contributed by atoms with Crippen molar-refractivity contribution in [3.05, 3.63) is 5.89 Å². The summed E-state index contributed by atoms with van der Waals surface area (Å²) < 4.78 is 65.4. The third-order valence-electron chi connectivity index (χ3n) is 2.23. The van der Waals surface area contributed by atoms with Gasteiger partial charge in [-0.2, -0.15) is 22.0 Å². The first-order valence-corrected chi connectivity index (χ1v) is 4.81. The summed E-state index contributed by atoms with van der Waals surface area (Å²) in [7, 11) is 0. The Hall–Kier alpha value is -1.74. The van der Waals surface area contributed by atoms with Crippen molar-refractivity contribution >= 4 is 11.9 Å². The molecule has 0 aromatic carbocycles. The topological polar surface area (TPSA) is 68.0 Å². The fraction of sp³-hybridized carbons (Fsp3) is 0.625. The molecule has 2 rings (SSSR count). The van der Waals surface area contributed by atoms with Crippen molar-refractivity contribution in [1.29, 1.82) is 0 Å². The summed E-state index contributed by atoms with van der Waals surface area (Å²) in [6.07, 6.45) is -4.43. The summed E-state index contributed by atoms with van der Waals surface area (Å²) in [6.45, 7) is 0. The zero-order valence-electron chi connectivity index (χ0n) is 8.59. The van der Waals surface area contributed by atoms with E-state index in [0.717, 1.165) is 12.8 Å². The van der Waals surface area contributed by atoms with Gasteiger partial charge in [0.15, 0.2) is 0 Å². The van der Waals surface area contributed by atoms with Gasteiger partial charge in [-0.15, -0.1) is 5.10 Å². The number of amides is 1. The van der Waals surface area contributed by atoms with Gasteiger partial charge in [0.05, 0.1) is 0 Å². The maximum Gasteiger partial charge on any atom is 0.463 e. The lowest BCUT2D eigenvalue weighted by atomic mass is 10.3. The van der Waals surface area contributed by atoms with Crippen LogP contribution in [-0.4, -0.2) is 28.2 Å². The highest BCUT2D eigenvalue weighted by Crippen LogP contribution is 2.40. The number of hydrogen-bond acceptors (Lipinski definition) is 4. The van der Waals surface area contributed by atoms with Gasteiger partial charge in [-0.25, -0.2) is 0 Å². The van der Waals surface area contributed by atoms with E-state index in [1.54, 1.807) is 0 Å². The second-order valence-corrected chi connectivity index (χ2v) is 3.75. The van der Waals surface area contributed by atoms with E-state index in [4.69, 9.17) is 4.42 Å². The Bertz CT molecular complexity index is 466. The van der Waals surface area contributed by atoms with Crippen LogP contribution in [0.5, 0.6) is 0 Å². The van der Waals surface area contributed by atoms with Gasteiger partial charge in [0.1, 0.15) is 0 Å². The van der Waals surface area contributed by atoms with Gasteiger partial charge in [-0.3, -0.25) is 10.1 Å². The first-order valence-electron chi connectivity index (χ1n) is 4.81. The van der Waals surface area contributed by atoms with Crippen molar-refractivity contribution in [3.8, 4) is 0 Å². The molecule has 0 unspecified atom stereocenters. The summed E-state index contributed by atoms with van der Waals surface area (Å²) in [5, 5.41) is 7.82. The highest BCUT2D eigenvalue weighted by atomic mass is 19.4. The van der Waals surface area contributed by atoms with Crippen molar-refractivity contribution in [3.63, 3.8) is 0 Å². The molecule has 1 saturated carbocycles. The van der Waals surface area contributed by atoms with E-state index in [1.165, 1.54) is 5.32 Å². The molecule has 0 atom stereocenters. The summed E-state index contributed by atoms with van der Waals surface area (Å²) in [5.74, 6) is -7.96. The van der Waals surface area contributed by atoms with Gasteiger partial charge in [-0.05, 0) is 12.8 Å². The zero-order valence-corrected chi connectivity index (χ0v) is 8.59. The molecule has 0 aliphatic heterocycles. The van der Waals surface area contributed by atoms with Gasteiger partial charge in [0, 0.05) is 5.92 Å². The van der Waals surface area contributed by atoms with E-state index in [2.05, 4.69) is 10.2 Å². The fourth-order valence-electron chi connectivity index (χ4n) is 1.08. The number of carbonyl (C=O) groups is 1. The van der Waals surface area contributed by atoms with Crippen molar-refractivity contribution in [2.45, 2.75) is 30.9 Å². The van der Waals surface area contributed by atoms with E-state index < -0.39 is 24.0 Å². The van der Waals surface area contributed by atoms with Crippen LogP contribution in [0.25, 0.3) is 0 Å². The predicted octanol–water partition coefficient (Wildman–Crippen LogP) is 2.08. The lowest BCUT2D eigenvalue weighted by molar-refractivity contribution is -0.267. The Morgan fingerprint density at radius 1 is 1.22 bits per heavy atom. The zero-order chi connectivity index (χ0) is 13.6. The van der Waals surface area contributed by atoms with Gasteiger partial charge < -0.3 is 4.42 Å². The Balaban J connectivity index is 2.06. The number of halogens is 5. The highest BCUT2D eigenvalue weighted by molar-refractivity contribution is 5.95. The maximum atomic E-state index is 12.6. The van der Waals surface area contributed by atoms with Gasteiger partial charge in [-0.1, -0.05) is 5.10 Å². The van der Waals surface area contributed by atoms with Crippen molar-refractivity contribution in [2.75, 3.05) is 5.32 Å². The molecule has 1 aromatic rings. The lowest BCUT2D eigenvalue weighted by Crippen LogP contribution is -2.47. The minimum Gasteiger partial charge on any atom is -0.408 e. The van der Waals surface area contributed by atoms with Crippen LogP contribution in [-0.2, 0) is 4.79 Å². The van der Waals surface area contributed by atoms with Gasteiger partial charge in [0.25, 0.3) is 0 Å². The smallest absolute Gasteiger partial charge is 0.408 e. The Morgan fingerprint density at radius 3 is 2.33 bits per heavy atom. The molecule has 1 aliphatic rings. The van der Waals surface area contributed by atoms with E-state index >= 15 is 0 Å². The highest BCUT2D eigenvalue weighted by Gasteiger charge is 2.63. The summed E-state index contributed by atoms with van der Waals surface area (Å²) >= 11 is 0. The summed E-state index contributed by atoms with van der Waals surface area (Å²) in [4.78, 5) is 10.8. The average molecular weight is 271 g/mol. The van der Waals surface area contributed by atoms with Crippen LogP contribution in [0.3, 0.4) is 0 Å². The van der Waals surface area contributed by atoms with E-state index in [0.29, 0.717) is 0 Å². The molecule has 1 aromatic heterocycles. The second-order valence-electron chi connectivity index (χ2n) is 3.75. The minimum absolute atomic E-state index is 0.00808. The fourth-order valence-corrected chi connectivity index (χ4v) is 1.08. The number of hydrogen-bond donors (Lipinski definition) is 1. The molecule has 1 heterocycles. The van der Waals surface area contributed by atoms with Crippen LogP contribution in [0.15, 0.2) is 4.42 Å². The van der Waals surface area contributed by atoms with Crippen molar-refractivity contribution in [2.24, 2.45) is 0 Å². The molecule has 100 valence electrons. The Morgan fingerprint density at radius 2 is 1.83 bits per heavy atom. The summed E-state index contributed by atoms with van der Waals surface area (Å²) in [5.41, 5.74) is 0. The standard InChI is InChI=1S/C8H6F5N3O2/c9-7(10,8(11,12)13)5(17)14-6-16-15-4(18-6)3-1-2-3/h3H,1-2H2,(H,14,16,17). The number of nitrogens with one attached hydrogen (secondary N) is 1. The number of rotatable bonds is 3. The normalized spacial score (nSPS) is 16.7. The monoisotopic (exact) mass is 271 g/mol. The molecule has 1 N–H and O–H groups in total. The van der Waals surface area contributed by atoms with Gasteiger partial charge >= 0.3 is 24.0 Å². The molecular formula is C8H6F5N3O2. The molecule has 0 radical (unpaired) electrons. The number of aromatic nitrogens is 2. The van der Waals surface area contributed by atoms with E-state index in [-0.39, 0.29) is 11.8 Å². The molecule has 1 fully saturated rings. The molecule has 10 heteroatoms. The number of anilines is 1. The van der Waals surface area contributed by atoms with Crippen LogP contribution in [0.2, 0.25) is 0 Å². The van der Waals surface area contributed by atoms with E-state index in [9.17, 15) is 26.7 Å². The molecule has 1 amide bonds. The minimum atomic E-state index is -5.98. The van der Waals surface area contributed by atoms with Crippen molar-refractivity contribution < 1.29 is 31.2 Å². The third kappa shape index (κ3) is 2.27. The van der Waals surface area contributed by atoms with Crippen LogP contribution >= 0.6 is 0 Å². The van der Waals surface area contributed by atoms with Crippen LogP contribution < -0.4 is 5.32 Å². The Kier molecular flexibility index (Phi) is 2.74. The Labute approximate surface area is 96.4 Å². The average Bonchev–Trinajstić information content (AvgIpc) is 2.98. The maximum absolute atomic E-state index is 12.6. The van der Waals surface area contributed by atoms with Crippen LogP contribution in [0, 0.1) is 0 Å². The van der Waals surface area contributed by atoms with Crippen molar-refractivity contribution in [1.82, 2.24) is 10.2 Å². The molecule has 1 aliphatic carbocycles. The SMILES string of the molecule is O=C(Nc1nnc(C2CC2)o1)C(F)(F)C(F)(F)F. The number of carbonyl (C=O) groups excluding carboxylic acids is 1. The summed E-state index contributed by atoms with van der Waals surface area (Å²) in [6, 6.07) is -0.772. The first kappa shape index (κ1) is 12.7. The lowest BCUT2D eigenvalue weighted by Gasteiger charge is -2.17. The molecule has 5 nitrogen and oxygen atoms in total. The predicted molar refractivity (Wildman–Crippen MR) is 45.9 cm³/mol. The largest absolute Gasteiger partial charge is 0.463 e. The molecular weight excluding hydrogens is 265 g/mol. The first-order chi connectivity index (χ1) is 8.22. The molecule has 0 saturated heterocycles. The number of alkyl halides is 5. The van der Waals surface area contributed by atoms with Crippen LogP contribution in [0.1, 0.15) is 24.7 Å². The third-order valence-corrected chi connectivity index (χ3v) is 2.23.